The summed E-state index contributed by atoms with van der Waals surface area (Å²) in [5.41, 5.74) is 0.156. The average Bonchev–Trinajstić information content (AvgIpc) is 3.10. The van der Waals surface area contributed by atoms with Crippen molar-refractivity contribution >= 4 is 51.9 Å². The van der Waals surface area contributed by atoms with Crippen molar-refractivity contribution in [3.8, 4) is 5.75 Å². The van der Waals surface area contributed by atoms with Crippen molar-refractivity contribution in [3.05, 3.63) is 51.1 Å². The molecule has 0 unspecified atom stereocenters. The van der Waals surface area contributed by atoms with Crippen molar-refractivity contribution < 1.29 is 19.8 Å². The fourth-order valence-electron chi connectivity index (χ4n) is 1.87. The highest BCUT2D eigenvalue weighted by Gasteiger charge is 2.24. The number of aromatic hydroxyl groups is 1. The summed E-state index contributed by atoms with van der Waals surface area (Å²) >= 11 is 2.71. The monoisotopic (exact) mass is 346 g/mol. The van der Waals surface area contributed by atoms with E-state index >= 15 is 0 Å². The van der Waals surface area contributed by atoms with Gasteiger partial charge in [-0.1, -0.05) is 6.07 Å². The molecule has 1 aliphatic heterocycles. The highest BCUT2D eigenvalue weighted by molar-refractivity contribution is 8.18. The van der Waals surface area contributed by atoms with Gasteiger partial charge in [0.15, 0.2) is 5.17 Å². The van der Waals surface area contributed by atoms with E-state index in [9.17, 15) is 14.7 Å². The number of nitrogens with zero attached hydrogens (tertiary/aromatic N) is 1. The van der Waals surface area contributed by atoms with E-state index in [1.54, 1.807) is 6.08 Å². The second-order valence-electron chi connectivity index (χ2n) is 4.50. The first-order valence-electron chi connectivity index (χ1n) is 6.42. The molecule has 3 N–H and O–H groups in total. The van der Waals surface area contributed by atoms with Crippen LogP contribution in [0.3, 0.4) is 0 Å². The van der Waals surface area contributed by atoms with Crippen molar-refractivity contribution in [1.82, 2.24) is 5.32 Å². The van der Waals surface area contributed by atoms with E-state index in [-0.39, 0.29) is 17.2 Å². The van der Waals surface area contributed by atoms with Crippen LogP contribution in [0.25, 0.3) is 6.08 Å². The molecule has 3 rings (SSSR count). The lowest BCUT2D eigenvalue weighted by Gasteiger charge is -2.01. The zero-order chi connectivity index (χ0) is 16.4. The van der Waals surface area contributed by atoms with Gasteiger partial charge in [-0.25, -0.2) is 9.79 Å². The zero-order valence-electron chi connectivity index (χ0n) is 11.5. The molecule has 8 heteroatoms. The lowest BCUT2D eigenvalue weighted by atomic mass is 10.2. The van der Waals surface area contributed by atoms with E-state index in [2.05, 4.69) is 10.3 Å². The number of rotatable bonds is 3. The van der Waals surface area contributed by atoms with Crippen LogP contribution in [0, 0.1) is 0 Å². The van der Waals surface area contributed by atoms with Crippen LogP contribution in [0.15, 0.2) is 45.6 Å². The summed E-state index contributed by atoms with van der Waals surface area (Å²) in [6.07, 6.45) is 1.78. The minimum atomic E-state index is -1.22. The van der Waals surface area contributed by atoms with Gasteiger partial charge in [-0.2, -0.15) is 0 Å². The van der Waals surface area contributed by atoms with Crippen molar-refractivity contribution in [2.24, 2.45) is 4.99 Å². The number of carbonyl (C=O) groups excluding carboxylic acids is 1. The standard InChI is InChI=1S/C15H10N2O4S2/c18-11-6-8(3-4-10(11)14(20)21)16-15-17-13(19)12(23-15)7-9-2-1-5-22-9/h1-7,18H,(H,20,21)(H,16,17,19). The van der Waals surface area contributed by atoms with Crippen molar-refractivity contribution in [2.45, 2.75) is 0 Å². The van der Waals surface area contributed by atoms with Crippen LogP contribution in [0.4, 0.5) is 5.69 Å². The van der Waals surface area contributed by atoms with E-state index in [1.165, 1.54) is 41.3 Å². The van der Waals surface area contributed by atoms with Crippen LogP contribution in [0.1, 0.15) is 15.2 Å². The van der Waals surface area contributed by atoms with Crippen molar-refractivity contribution in [1.29, 1.82) is 0 Å². The first-order valence-corrected chi connectivity index (χ1v) is 8.12. The summed E-state index contributed by atoms with van der Waals surface area (Å²) in [5.74, 6) is -1.83. The normalized spacial score (nSPS) is 17.7. The molecule has 0 bridgehead atoms. The zero-order valence-corrected chi connectivity index (χ0v) is 13.1. The molecule has 0 spiro atoms. The number of carbonyl (C=O) groups is 2. The van der Waals surface area contributed by atoms with Crippen LogP contribution in [-0.4, -0.2) is 27.3 Å². The van der Waals surface area contributed by atoms with Gasteiger partial charge < -0.3 is 15.5 Å². The molecule has 0 saturated carbocycles. The Morgan fingerprint density at radius 2 is 2.13 bits per heavy atom. The van der Waals surface area contributed by atoms with E-state index < -0.39 is 5.97 Å². The first kappa shape index (κ1) is 15.3. The Morgan fingerprint density at radius 1 is 1.30 bits per heavy atom. The number of phenols is 1. The number of carboxylic acid groups (broad SMARTS) is 1. The molecule has 1 amide bonds. The molecule has 0 aliphatic carbocycles. The lowest BCUT2D eigenvalue weighted by Crippen LogP contribution is -2.19. The second-order valence-corrected chi connectivity index (χ2v) is 6.51. The Bertz CT molecular complexity index is 841. The van der Waals surface area contributed by atoms with Crippen LogP contribution >= 0.6 is 23.1 Å². The summed E-state index contributed by atoms with van der Waals surface area (Å²) in [6.45, 7) is 0. The molecule has 1 aliphatic rings. The van der Waals surface area contributed by atoms with Gasteiger partial charge >= 0.3 is 5.97 Å². The third kappa shape index (κ3) is 3.43. The molecule has 1 fully saturated rings. The third-order valence-electron chi connectivity index (χ3n) is 2.91. The van der Waals surface area contributed by atoms with Crippen LogP contribution < -0.4 is 5.32 Å². The summed E-state index contributed by atoms with van der Waals surface area (Å²) < 4.78 is 0. The predicted molar refractivity (Wildman–Crippen MR) is 90.2 cm³/mol. The van der Waals surface area contributed by atoms with Gasteiger partial charge in [-0.15, -0.1) is 11.3 Å². The van der Waals surface area contributed by atoms with Gasteiger partial charge in [0, 0.05) is 10.9 Å². The molecule has 2 aromatic rings. The highest BCUT2D eigenvalue weighted by Crippen LogP contribution is 2.30. The number of hydrogen-bond acceptors (Lipinski definition) is 6. The number of amides is 1. The maximum Gasteiger partial charge on any atom is 0.339 e. The van der Waals surface area contributed by atoms with Gasteiger partial charge in [-0.3, -0.25) is 4.79 Å². The first-order chi connectivity index (χ1) is 11.0. The second kappa shape index (κ2) is 6.27. The largest absolute Gasteiger partial charge is 0.507 e. The Balaban J connectivity index is 1.83. The fraction of sp³-hybridized carbons (Fsp3) is 0. The molecule has 23 heavy (non-hydrogen) atoms. The lowest BCUT2D eigenvalue weighted by molar-refractivity contribution is -0.115. The number of thioether (sulfide) groups is 1. The molecule has 2 heterocycles. The van der Waals surface area contributed by atoms with Crippen LogP contribution in [-0.2, 0) is 4.79 Å². The maximum atomic E-state index is 11.9. The molecule has 1 saturated heterocycles. The average molecular weight is 346 g/mol. The number of aliphatic imine (C=N–C) groups is 1. The fourth-order valence-corrected chi connectivity index (χ4v) is 3.44. The number of benzene rings is 1. The Hall–Kier alpha value is -2.58. The Labute approximate surface area is 139 Å². The highest BCUT2D eigenvalue weighted by atomic mass is 32.2. The third-order valence-corrected chi connectivity index (χ3v) is 4.64. The minimum Gasteiger partial charge on any atom is -0.507 e. The number of amidine groups is 1. The number of hydrogen-bond donors (Lipinski definition) is 3. The summed E-state index contributed by atoms with van der Waals surface area (Å²) in [7, 11) is 0. The molecule has 6 nitrogen and oxygen atoms in total. The van der Waals surface area contributed by atoms with Gasteiger partial charge in [0.2, 0.25) is 0 Å². The van der Waals surface area contributed by atoms with Gasteiger partial charge in [0.05, 0.1) is 10.6 Å². The van der Waals surface area contributed by atoms with Gasteiger partial charge in [0.25, 0.3) is 5.91 Å². The predicted octanol–water partition coefficient (Wildman–Crippen LogP) is 3.04. The van der Waals surface area contributed by atoms with Crippen LogP contribution in [0.5, 0.6) is 5.75 Å². The molecule has 0 atom stereocenters. The summed E-state index contributed by atoms with van der Waals surface area (Å²) in [5, 5.41) is 23.5. The molecule has 1 aromatic carbocycles. The molecule has 0 radical (unpaired) electrons. The molecule has 1 aromatic heterocycles. The minimum absolute atomic E-state index is 0.199. The van der Waals surface area contributed by atoms with E-state index in [1.807, 2.05) is 17.5 Å². The van der Waals surface area contributed by atoms with Crippen LogP contribution in [0.2, 0.25) is 0 Å². The molecular formula is C15H10N2O4S2. The van der Waals surface area contributed by atoms with Gasteiger partial charge in [-0.05, 0) is 41.4 Å². The summed E-state index contributed by atoms with van der Waals surface area (Å²) in [4.78, 5) is 28.5. The van der Waals surface area contributed by atoms with E-state index in [4.69, 9.17) is 5.11 Å². The molecular weight excluding hydrogens is 336 g/mol. The van der Waals surface area contributed by atoms with E-state index in [0.29, 0.717) is 15.8 Å². The van der Waals surface area contributed by atoms with Crippen molar-refractivity contribution in [3.63, 3.8) is 0 Å². The SMILES string of the molecule is O=C1NC(=Nc2ccc(C(=O)O)c(O)c2)SC1=Cc1cccs1. The smallest absolute Gasteiger partial charge is 0.339 e. The topological polar surface area (TPSA) is 99.0 Å². The van der Waals surface area contributed by atoms with E-state index in [0.717, 1.165) is 4.88 Å². The number of carboxylic acids is 1. The van der Waals surface area contributed by atoms with Gasteiger partial charge in [0.1, 0.15) is 11.3 Å². The number of nitrogens with one attached hydrogen (secondary N) is 1. The maximum absolute atomic E-state index is 11.9. The van der Waals surface area contributed by atoms with Crippen molar-refractivity contribution in [2.75, 3.05) is 0 Å². The number of aromatic carboxylic acids is 1. The number of thiophene rings is 1. The Morgan fingerprint density at radius 3 is 2.78 bits per heavy atom. The summed E-state index contributed by atoms with van der Waals surface area (Å²) in [6, 6.07) is 7.77. The quantitative estimate of drug-likeness (QED) is 0.742. The molecule has 116 valence electrons. The Kier molecular flexibility index (Phi) is 4.18.